The van der Waals surface area contributed by atoms with Gasteiger partial charge in [-0.1, -0.05) is 11.6 Å². The Bertz CT molecular complexity index is 342. The summed E-state index contributed by atoms with van der Waals surface area (Å²) in [7, 11) is 0. The first-order valence-corrected chi connectivity index (χ1v) is 4.44. The summed E-state index contributed by atoms with van der Waals surface area (Å²) < 4.78 is 5.38. The van der Waals surface area contributed by atoms with E-state index in [1.807, 2.05) is 13.0 Å². The molecule has 70 valence electrons. The first kappa shape index (κ1) is 8.78. The lowest BCUT2D eigenvalue weighted by molar-refractivity contribution is 0.171. The minimum absolute atomic E-state index is 0.0559. The molecule has 0 aliphatic carbocycles. The van der Waals surface area contributed by atoms with E-state index in [-0.39, 0.29) is 12.0 Å². The van der Waals surface area contributed by atoms with E-state index in [0.717, 1.165) is 5.56 Å². The topological polar surface area (TPSA) is 42.4 Å². The monoisotopic (exact) mass is 199 g/mol. The summed E-state index contributed by atoms with van der Waals surface area (Å²) in [5.74, 6) is 0.612. The first-order valence-electron chi connectivity index (χ1n) is 4.06. The molecular weight excluding hydrogens is 190 g/mol. The maximum Gasteiger partial charge on any atom is 0.171 e. The second kappa shape index (κ2) is 2.86. The molecule has 1 N–H and O–H groups in total. The van der Waals surface area contributed by atoms with Crippen LogP contribution in [0.5, 0.6) is 5.75 Å². The van der Waals surface area contributed by atoms with Gasteiger partial charge in [-0.05, 0) is 13.0 Å². The summed E-state index contributed by atoms with van der Waals surface area (Å²) in [5, 5.41) is 9.59. The number of hydrogen-bond donors (Lipinski definition) is 1. The molecule has 2 rings (SSSR count). The van der Waals surface area contributed by atoms with Crippen molar-refractivity contribution >= 4 is 11.6 Å². The Morgan fingerprint density at radius 2 is 2.54 bits per heavy atom. The Kier molecular flexibility index (Phi) is 1.93. The molecule has 2 heterocycles. The molecule has 0 radical (unpaired) electrons. The number of pyridine rings is 1. The Labute approximate surface area is 81.3 Å². The highest BCUT2D eigenvalue weighted by Gasteiger charge is 2.37. The van der Waals surface area contributed by atoms with Crippen molar-refractivity contribution in [2.45, 2.75) is 12.3 Å². The number of fused-ring (bicyclic) bond motifs is 1. The number of hydrogen-bond acceptors (Lipinski definition) is 3. The van der Waals surface area contributed by atoms with E-state index >= 15 is 0 Å². The molecule has 1 aromatic rings. The number of aliphatic hydroxyl groups excluding tert-OH is 1. The molecule has 0 fully saturated rings. The lowest BCUT2D eigenvalue weighted by Gasteiger charge is -2.18. The van der Waals surface area contributed by atoms with Crippen molar-refractivity contribution in [1.82, 2.24) is 4.98 Å². The van der Waals surface area contributed by atoms with Crippen LogP contribution in [-0.4, -0.2) is 23.3 Å². The van der Waals surface area contributed by atoms with Crippen LogP contribution in [0.4, 0.5) is 0 Å². The van der Waals surface area contributed by atoms with E-state index < -0.39 is 0 Å². The minimum Gasteiger partial charge on any atom is -0.489 e. The van der Waals surface area contributed by atoms with Crippen LogP contribution < -0.4 is 4.74 Å². The Balaban J connectivity index is 2.55. The lowest BCUT2D eigenvalue weighted by atomic mass is 9.86. The van der Waals surface area contributed by atoms with Crippen molar-refractivity contribution in [3.8, 4) is 5.75 Å². The predicted octanol–water partition coefficient (Wildman–Crippen LogP) is 1.38. The quantitative estimate of drug-likeness (QED) is 0.695. The smallest absolute Gasteiger partial charge is 0.171 e. The molecule has 4 heteroatoms. The lowest BCUT2D eigenvalue weighted by Crippen LogP contribution is -2.28. The molecule has 1 aliphatic rings. The number of ether oxygens (including phenoxy) is 1. The van der Waals surface area contributed by atoms with Gasteiger partial charge in [0.25, 0.3) is 0 Å². The number of nitrogens with zero attached hydrogens (tertiary/aromatic N) is 1. The largest absolute Gasteiger partial charge is 0.489 e. The minimum atomic E-state index is -0.331. The van der Waals surface area contributed by atoms with E-state index in [9.17, 15) is 5.11 Å². The Morgan fingerprint density at radius 1 is 1.77 bits per heavy atom. The molecule has 3 nitrogen and oxygen atoms in total. The standard InChI is InChI=1S/C9H10ClNO2/c1-9(4-12)5-13-7-6(9)2-3-11-8(7)10/h2-3,12H,4-5H2,1H3. The maximum absolute atomic E-state index is 9.22. The van der Waals surface area contributed by atoms with Crippen molar-refractivity contribution < 1.29 is 9.84 Å². The maximum atomic E-state index is 9.22. The van der Waals surface area contributed by atoms with E-state index in [4.69, 9.17) is 16.3 Å². The van der Waals surface area contributed by atoms with Crippen LogP contribution in [0.3, 0.4) is 0 Å². The van der Waals surface area contributed by atoms with Gasteiger partial charge in [0.1, 0.15) is 6.61 Å². The van der Waals surface area contributed by atoms with Gasteiger partial charge in [0.2, 0.25) is 0 Å². The zero-order chi connectivity index (χ0) is 9.47. The normalized spacial score (nSPS) is 25.5. The highest BCUT2D eigenvalue weighted by molar-refractivity contribution is 6.31. The van der Waals surface area contributed by atoms with E-state index in [0.29, 0.717) is 17.5 Å². The van der Waals surface area contributed by atoms with Crippen LogP contribution in [0, 0.1) is 0 Å². The predicted molar refractivity (Wildman–Crippen MR) is 49.2 cm³/mol. The van der Waals surface area contributed by atoms with E-state index in [1.165, 1.54) is 0 Å². The van der Waals surface area contributed by atoms with Crippen LogP contribution in [0.25, 0.3) is 0 Å². The average Bonchev–Trinajstić information content (AvgIpc) is 2.47. The van der Waals surface area contributed by atoms with Crippen LogP contribution in [0.2, 0.25) is 5.15 Å². The van der Waals surface area contributed by atoms with Crippen LogP contribution in [0.1, 0.15) is 12.5 Å². The van der Waals surface area contributed by atoms with Gasteiger partial charge >= 0.3 is 0 Å². The average molecular weight is 200 g/mol. The van der Waals surface area contributed by atoms with Crippen LogP contribution in [-0.2, 0) is 5.41 Å². The number of rotatable bonds is 1. The van der Waals surface area contributed by atoms with Crippen LogP contribution in [0.15, 0.2) is 12.3 Å². The second-order valence-corrected chi connectivity index (χ2v) is 3.84. The Morgan fingerprint density at radius 3 is 3.23 bits per heavy atom. The highest BCUT2D eigenvalue weighted by atomic mass is 35.5. The molecule has 0 saturated carbocycles. The zero-order valence-electron chi connectivity index (χ0n) is 7.25. The molecule has 1 atom stereocenters. The summed E-state index contributed by atoms with van der Waals surface area (Å²) in [4.78, 5) is 3.91. The molecule has 0 aromatic carbocycles. The van der Waals surface area contributed by atoms with Gasteiger partial charge in [0, 0.05) is 11.8 Å². The van der Waals surface area contributed by atoms with Gasteiger partial charge in [-0.2, -0.15) is 0 Å². The van der Waals surface area contributed by atoms with Crippen molar-refractivity contribution in [2.24, 2.45) is 0 Å². The van der Waals surface area contributed by atoms with Crippen molar-refractivity contribution in [3.05, 3.63) is 23.0 Å². The molecule has 1 aliphatic heterocycles. The molecule has 13 heavy (non-hydrogen) atoms. The second-order valence-electron chi connectivity index (χ2n) is 3.49. The van der Waals surface area contributed by atoms with Crippen molar-refractivity contribution in [1.29, 1.82) is 0 Å². The third kappa shape index (κ3) is 1.19. The fraction of sp³-hybridized carbons (Fsp3) is 0.444. The number of aromatic nitrogens is 1. The summed E-state index contributed by atoms with van der Waals surface area (Å²) in [5.41, 5.74) is 0.608. The number of halogens is 1. The van der Waals surface area contributed by atoms with Gasteiger partial charge < -0.3 is 9.84 Å². The van der Waals surface area contributed by atoms with Crippen LogP contribution >= 0.6 is 11.6 Å². The summed E-state index contributed by atoms with van der Waals surface area (Å²) in [6.07, 6.45) is 1.63. The third-order valence-corrected chi connectivity index (χ3v) is 2.66. The molecular formula is C9H10ClNO2. The first-order chi connectivity index (χ1) is 6.17. The van der Waals surface area contributed by atoms with Crippen molar-refractivity contribution in [3.63, 3.8) is 0 Å². The summed E-state index contributed by atoms with van der Waals surface area (Å²) >= 11 is 5.84. The molecule has 0 spiro atoms. The number of aliphatic hydroxyl groups is 1. The van der Waals surface area contributed by atoms with E-state index in [1.54, 1.807) is 6.20 Å². The third-order valence-electron chi connectivity index (χ3n) is 2.40. The molecule has 1 aromatic heterocycles. The van der Waals surface area contributed by atoms with Gasteiger partial charge in [0.05, 0.1) is 12.0 Å². The molecule has 1 unspecified atom stereocenters. The van der Waals surface area contributed by atoms with Crippen molar-refractivity contribution in [2.75, 3.05) is 13.2 Å². The Hall–Kier alpha value is -0.800. The van der Waals surface area contributed by atoms with Gasteiger partial charge in [-0.15, -0.1) is 0 Å². The van der Waals surface area contributed by atoms with Gasteiger partial charge in [-0.3, -0.25) is 0 Å². The van der Waals surface area contributed by atoms with Gasteiger partial charge in [0.15, 0.2) is 10.9 Å². The molecule has 0 bridgehead atoms. The fourth-order valence-corrected chi connectivity index (χ4v) is 1.69. The molecule has 0 saturated heterocycles. The highest BCUT2D eigenvalue weighted by Crippen LogP contribution is 2.41. The summed E-state index contributed by atoms with van der Waals surface area (Å²) in [6, 6.07) is 1.84. The van der Waals surface area contributed by atoms with E-state index in [2.05, 4.69) is 4.98 Å². The zero-order valence-corrected chi connectivity index (χ0v) is 8.01. The van der Waals surface area contributed by atoms with Gasteiger partial charge in [-0.25, -0.2) is 4.98 Å². The summed E-state index contributed by atoms with van der Waals surface area (Å²) in [6.45, 7) is 2.46. The fourth-order valence-electron chi connectivity index (χ4n) is 1.48. The molecule has 0 amide bonds. The SMILES string of the molecule is CC1(CO)COc2c1ccnc2Cl.